The molecule has 12 heteroatoms. The van der Waals surface area contributed by atoms with Crippen LogP contribution in [-0.4, -0.2) is 96.2 Å². The van der Waals surface area contributed by atoms with Gasteiger partial charge in [-0.1, -0.05) is 13.3 Å². The lowest BCUT2D eigenvalue weighted by atomic mass is 9.67. The number of halogens is 3. The number of nitrogens with one attached hydrogen (secondary N) is 1. The van der Waals surface area contributed by atoms with E-state index in [2.05, 4.69) is 15.2 Å². The van der Waals surface area contributed by atoms with E-state index in [0.717, 1.165) is 19.5 Å². The number of piperazine rings is 1. The van der Waals surface area contributed by atoms with Gasteiger partial charge in [0.15, 0.2) is 5.69 Å². The number of carbonyl (C=O) groups is 2. The number of likely N-dealkylation sites (N-methyl/N-ethyl adjacent to an activating group) is 1. The van der Waals surface area contributed by atoms with E-state index in [1.165, 1.54) is 4.90 Å². The molecule has 4 heterocycles. The van der Waals surface area contributed by atoms with Crippen molar-refractivity contribution in [3.8, 4) is 17.1 Å². The largest absolute Gasteiger partial charge is 0.477 e. The highest BCUT2D eigenvalue weighted by molar-refractivity contribution is 5.99. The van der Waals surface area contributed by atoms with Crippen molar-refractivity contribution < 1.29 is 27.5 Å². The third kappa shape index (κ3) is 5.65. The van der Waals surface area contributed by atoms with Gasteiger partial charge < -0.3 is 24.8 Å². The summed E-state index contributed by atoms with van der Waals surface area (Å²) in [5.41, 5.74) is -0.253. The van der Waals surface area contributed by atoms with Crippen molar-refractivity contribution in [1.29, 1.82) is 0 Å². The van der Waals surface area contributed by atoms with Crippen LogP contribution < -0.4 is 15.0 Å². The summed E-state index contributed by atoms with van der Waals surface area (Å²) in [5, 5.41) is 3.13. The van der Waals surface area contributed by atoms with Gasteiger partial charge >= 0.3 is 6.18 Å². The molecule has 1 saturated carbocycles. The Balaban J connectivity index is 1.46. The number of rotatable bonds is 8. The molecule has 1 aliphatic carbocycles. The number of pyridine rings is 2. The summed E-state index contributed by atoms with van der Waals surface area (Å²) in [5.74, 6) is -0.721. The maximum atomic E-state index is 13.9. The first kappa shape index (κ1) is 30.1. The van der Waals surface area contributed by atoms with Crippen molar-refractivity contribution in [2.45, 2.75) is 64.2 Å². The van der Waals surface area contributed by atoms with E-state index in [0.29, 0.717) is 48.8 Å². The van der Waals surface area contributed by atoms with Gasteiger partial charge in [-0.05, 0) is 70.5 Å². The molecule has 2 atom stereocenters. The molecule has 3 fully saturated rings. The standard InChI is InChI=1S/C30H39F3N6O3/c1-4-21-19-38(28(41)29(12-7-13-29)30(31,32)33)16-17-39(21)24-10-9-23(22-8-6-14-34-27(22)42-5-2)36-25(24)26(40)35-20-11-15-37(3)18-20/h6,8-10,14,20-21H,4-5,7,11-13,15-19H2,1-3H3,(H,35,40)/t20?,21-/m1/s1. The first-order valence-corrected chi connectivity index (χ1v) is 14.8. The first-order chi connectivity index (χ1) is 20.1. The smallest absolute Gasteiger partial charge is 0.403 e. The van der Waals surface area contributed by atoms with Gasteiger partial charge in [0.1, 0.15) is 5.41 Å². The van der Waals surface area contributed by atoms with Gasteiger partial charge in [0.25, 0.3) is 5.91 Å². The second kappa shape index (κ2) is 12.1. The monoisotopic (exact) mass is 588 g/mol. The van der Waals surface area contributed by atoms with Gasteiger partial charge in [0, 0.05) is 44.5 Å². The molecule has 0 bridgehead atoms. The Bertz CT molecular complexity index is 1300. The molecule has 0 spiro atoms. The fourth-order valence-electron chi connectivity index (χ4n) is 6.30. The molecule has 2 amide bonds. The Morgan fingerprint density at radius 3 is 2.52 bits per heavy atom. The number of hydrogen-bond acceptors (Lipinski definition) is 7. The average molecular weight is 589 g/mol. The van der Waals surface area contributed by atoms with Gasteiger partial charge in [0.05, 0.1) is 23.6 Å². The number of amides is 2. The number of ether oxygens (including phenoxy) is 1. The maximum absolute atomic E-state index is 13.9. The fourth-order valence-corrected chi connectivity index (χ4v) is 6.30. The zero-order chi connectivity index (χ0) is 30.1. The lowest BCUT2D eigenvalue weighted by Gasteiger charge is -2.48. The van der Waals surface area contributed by atoms with Crippen molar-refractivity contribution in [3.05, 3.63) is 36.2 Å². The van der Waals surface area contributed by atoms with E-state index in [1.807, 2.05) is 44.0 Å². The van der Waals surface area contributed by atoms with Crippen molar-refractivity contribution in [2.75, 3.05) is 51.3 Å². The normalized spacial score (nSPS) is 22.5. The van der Waals surface area contributed by atoms with Crippen LogP contribution in [0.4, 0.5) is 18.9 Å². The molecule has 2 aromatic heterocycles. The Labute approximate surface area is 244 Å². The van der Waals surface area contributed by atoms with E-state index in [-0.39, 0.29) is 49.6 Å². The van der Waals surface area contributed by atoms with Crippen LogP contribution in [0.3, 0.4) is 0 Å². The Morgan fingerprint density at radius 2 is 1.90 bits per heavy atom. The van der Waals surface area contributed by atoms with Crippen LogP contribution >= 0.6 is 0 Å². The molecule has 0 aromatic carbocycles. The highest BCUT2D eigenvalue weighted by Crippen LogP contribution is 2.54. The van der Waals surface area contributed by atoms with Crippen molar-refractivity contribution in [2.24, 2.45) is 5.41 Å². The number of alkyl halides is 3. The molecular weight excluding hydrogens is 549 g/mol. The number of anilines is 1. The van der Waals surface area contributed by atoms with Crippen LogP contribution in [0.5, 0.6) is 5.88 Å². The van der Waals surface area contributed by atoms with E-state index in [9.17, 15) is 22.8 Å². The van der Waals surface area contributed by atoms with Crippen molar-refractivity contribution in [3.63, 3.8) is 0 Å². The Morgan fingerprint density at radius 1 is 1.12 bits per heavy atom. The predicted octanol–water partition coefficient (Wildman–Crippen LogP) is 4.14. The average Bonchev–Trinajstić information content (AvgIpc) is 3.35. The van der Waals surface area contributed by atoms with E-state index >= 15 is 0 Å². The molecule has 3 aliphatic rings. The second-order valence-corrected chi connectivity index (χ2v) is 11.5. The highest BCUT2D eigenvalue weighted by Gasteiger charge is 2.64. The van der Waals surface area contributed by atoms with Crippen LogP contribution in [0.2, 0.25) is 0 Å². The van der Waals surface area contributed by atoms with Crippen LogP contribution in [-0.2, 0) is 4.79 Å². The zero-order valence-electron chi connectivity index (χ0n) is 24.4. The minimum Gasteiger partial charge on any atom is -0.477 e. The maximum Gasteiger partial charge on any atom is 0.403 e. The molecule has 2 aromatic rings. The van der Waals surface area contributed by atoms with E-state index in [1.54, 1.807) is 12.3 Å². The summed E-state index contributed by atoms with van der Waals surface area (Å²) >= 11 is 0. The summed E-state index contributed by atoms with van der Waals surface area (Å²) < 4.78 is 47.5. The number of hydrogen-bond donors (Lipinski definition) is 1. The number of aromatic nitrogens is 2. The topological polar surface area (TPSA) is 90.9 Å². The first-order valence-electron chi connectivity index (χ1n) is 14.8. The van der Waals surface area contributed by atoms with Crippen LogP contribution in [0.1, 0.15) is 56.4 Å². The second-order valence-electron chi connectivity index (χ2n) is 11.5. The Kier molecular flexibility index (Phi) is 8.63. The molecule has 42 heavy (non-hydrogen) atoms. The van der Waals surface area contributed by atoms with Crippen LogP contribution in [0.25, 0.3) is 11.3 Å². The van der Waals surface area contributed by atoms with Gasteiger partial charge in [-0.15, -0.1) is 0 Å². The molecule has 0 radical (unpaired) electrons. The van der Waals surface area contributed by atoms with E-state index < -0.39 is 17.5 Å². The third-order valence-corrected chi connectivity index (χ3v) is 8.85. The minimum absolute atomic E-state index is 0.0179. The fraction of sp³-hybridized carbons (Fsp3) is 0.600. The predicted molar refractivity (Wildman–Crippen MR) is 152 cm³/mol. The summed E-state index contributed by atoms with van der Waals surface area (Å²) in [6.45, 7) is 6.42. The lowest BCUT2D eigenvalue weighted by molar-refractivity contribution is -0.248. The van der Waals surface area contributed by atoms with Crippen LogP contribution in [0, 0.1) is 5.41 Å². The highest BCUT2D eigenvalue weighted by atomic mass is 19.4. The number of carbonyl (C=O) groups excluding carboxylic acids is 2. The summed E-state index contributed by atoms with van der Waals surface area (Å²) in [4.78, 5) is 41.7. The molecule has 2 aliphatic heterocycles. The van der Waals surface area contributed by atoms with Crippen molar-refractivity contribution >= 4 is 17.5 Å². The Hall–Kier alpha value is -3.41. The molecule has 228 valence electrons. The van der Waals surface area contributed by atoms with Gasteiger partial charge in [0.2, 0.25) is 11.8 Å². The summed E-state index contributed by atoms with van der Waals surface area (Å²) in [6.07, 6.45) is -1.44. The van der Waals surface area contributed by atoms with Gasteiger partial charge in [-0.25, -0.2) is 9.97 Å². The molecule has 2 saturated heterocycles. The lowest BCUT2D eigenvalue weighted by Crippen LogP contribution is -2.62. The molecule has 5 rings (SSSR count). The molecular formula is C30H39F3N6O3. The van der Waals surface area contributed by atoms with Crippen molar-refractivity contribution in [1.82, 2.24) is 25.1 Å². The zero-order valence-corrected chi connectivity index (χ0v) is 24.4. The number of nitrogens with zero attached hydrogens (tertiary/aromatic N) is 5. The van der Waals surface area contributed by atoms with E-state index in [4.69, 9.17) is 9.72 Å². The molecule has 1 unspecified atom stereocenters. The number of likely N-dealkylation sites (tertiary alicyclic amines) is 1. The summed E-state index contributed by atoms with van der Waals surface area (Å²) in [7, 11) is 2.01. The van der Waals surface area contributed by atoms with Crippen LogP contribution in [0.15, 0.2) is 30.5 Å². The summed E-state index contributed by atoms with van der Waals surface area (Å²) in [6, 6.07) is 6.97. The molecule has 1 N–H and O–H groups in total. The van der Waals surface area contributed by atoms with Gasteiger partial charge in [-0.3, -0.25) is 9.59 Å². The SMILES string of the molecule is CCOc1ncccc1-c1ccc(N2CCN(C(=O)C3(C(F)(F)F)CCC3)C[C@H]2CC)c(C(=O)NC2CCN(C)C2)n1. The third-order valence-electron chi connectivity index (χ3n) is 8.85. The molecule has 9 nitrogen and oxygen atoms in total. The quantitative estimate of drug-likeness (QED) is 0.496. The van der Waals surface area contributed by atoms with Gasteiger partial charge in [-0.2, -0.15) is 13.2 Å². The minimum atomic E-state index is -4.56.